The molecule has 0 aliphatic heterocycles. The van der Waals surface area contributed by atoms with Gasteiger partial charge in [0.05, 0.1) is 17.0 Å². The Morgan fingerprint density at radius 2 is 1.48 bits per heavy atom. The number of rotatable bonds is 8. The number of nitrogens with zero attached hydrogens (tertiary/aromatic N) is 4. The number of anilines is 1. The third-order valence-electron chi connectivity index (χ3n) is 4.06. The molecule has 0 heterocycles. The number of hydrogen-bond acceptors (Lipinski definition) is 9. The van der Waals surface area contributed by atoms with Gasteiger partial charge in [-0.2, -0.15) is 0 Å². The number of methoxy groups -OCH3 is 1. The normalized spacial score (nSPS) is 11.4. The van der Waals surface area contributed by atoms with Crippen LogP contribution in [0.25, 0.3) is 0 Å². The molecule has 0 N–H and O–H groups in total. The van der Waals surface area contributed by atoms with Gasteiger partial charge in [0.15, 0.2) is 5.69 Å². The predicted octanol–water partition coefficient (Wildman–Crippen LogP) is 2.90. The van der Waals surface area contributed by atoms with Gasteiger partial charge in [0, 0.05) is 30.8 Å². The molecule has 29 heavy (non-hydrogen) atoms. The zero-order chi connectivity index (χ0) is 22.7. The fourth-order valence-electron chi connectivity index (χ4n) is 3.01. The molecule has 162 valence electrons. The zero-order valence-corrected chi connectivity index (χ0v) is 17.8. The minimum Gasteiger partial charge on any atom is -0.452 e. The molecule has 13 heteroatoms. The molecule has 0 aliphatic carbocycles. The highest BCUT2D eigenvalue weighted by Gasteiger charge is 2.38. The van der Waals surface area contributed by atoms with Gasteiger partial charge >= 0.3 is 17.5 Å². The molecular formula is C16H24N4O8S. The van der Waals surface area contributed by atoms with E-state index in [4.69, 9.17) is 0 Å². The number of nitro benzene ring substituents is 2. The van der Waals surface area contributed by atoms with Crippen LogP contribution in [0.4, 0.5) is 21.9 Å². The Hall–Kier alpha value is -2.96. The maximum atomic E-state index is 12.8. The van der Waals surface area contributed by atoms with Crippen LogP contribution in [0.1, 0.15) is 34.6 Å². The molecule has 1 aromatic carbocycles. The van der Waals surface area contributed by atoms with E-state index in [0.29, 0.717) is 4.31 Å². The van der Waals surface area contributed by atoms with Gasteiger partial charge in [0.25, 0.3) is 10.0 Å². The summed E-state index contributed by atoms with van der Waals surface area (Å²) in [4.78, 5) is 34.2. The molecule has 0 saturated heterocycles. The van der Waals surface area contributed by atoms with Gasteiger partial charge in [-0.3, -0.25) is 20.2 Å². The van der Waals surface area contributed by atoms with Crippen LogP contribution in [0, 0.1) is 20.2 Å². The van der Waals surface area contributed by atoms with Crippen LogP contribution < -0.4 is 4.90 Å². The van der Waals surface area contributed by atoms with Gasteiger partial charge in [-0.1, -0.05) is 0 Å². The number of hydrogen-bond donors (Lipinski definition) is 0. The fourth-order valence-corrected chi connectivity index (χ4v) is 4.40. The van der Waals surface area contributed by atoms with Crippen molar-refractivity contribution < 1.29 is 27.8 Å². The minimum absolute atomic E-state index is 0.301. The van der Waals surface area contributed by atoms with Crippen molar-refractivity contribution in [3.63, 3.8) is 0 Å². The van der Waals surface area contributed by atoms with Gasteiger partial charge in [-0.05, 0) is 34.6 Å². The van der Waals surface area contributed by atoms with Crippen molar-refractivity contribution >= 4 is 33.2 Å². The number of carbonyl (C=O) groups excluding carboxylic acids is 1. The third-order valence-corrected chi connectivity index (χ3v) is 5.88. The van der Waals surface area contributed by atoms with Crippen LogP contribution in [0.3, 0.4) is 0 Å². The van der Waals surface area contributed by atoms with E-state index in [1.165, 1.54) is 11.8 Å². The van der Waals surface area contributed by atoms with E-state index in [0.717, 1.165) is 19.2 Å². The van der Waals surface area contributed by atoms with Gasteiger partial charge in [-0.15, -0.1) is 0 Å². The lowest BCUT2D eigenvalue weighted by molar-refractivity contribution is -0.393. The van der Waals surface area contributed by atoms with E-state index in [9.17, 15) is 33.4 Å². The Morgan fingerprint density at radius 1 is 1.07 bits per heavy atom. The lowest BCUT2D eigenvalue weighted by Crippen LogP contribution is -2.38. The summed E-state index contributed by atoms with van der Waals surface area (Å²) in [6, 6.07) is 0.747. The number of amides is 1. The average Bonchev–Trinajstić information content (AvgIpc) is 2.60. The van der Waals surface area contributed by atoms with Crippen LogP contribution in [0.15, 0.2) is 17.0 Å². The first-order valence-electron chi connectivity index (χ1n) is 8.67. The van der Waals surface area contributed by atoms with Crippen molar-refractivity contribution in [3.8, 4) is 0 Å². The molecule has 0 atom stereocenters. The monoisotopic (exact) mass is 432 g/mol. The van der Waals surface area contributed by atoms with E-state index < -0.39 is 42.2 Å². The number of nitro groups is 2. The molecule has 0 bridgehead atoms. The Labute approximate surface area is 168 Å². The van der Waals surface area contributed by atoms with Crippen LogP contribution in [-0.4, -0.2) is 54.4 Å². The first kappa shape index (κ1) is 24.1. The Balaban J connectivity index is 3.96. The van der Waals surface area contributed by atoms with E-state index in [-0.39, 0.29) is 24.3 Å². The zero-order valence-electron chi connectivity index (χ0n) is 17.0. The lowest BCUT2D eigenvalue weighted by atomic mass is 10.1. The molecule has 1 aromatic rings. The molecule has 1 rings (SSSR count). The number of carbonyl (C=O) groups is 1. The molecule has 12 nitrogen and oxygen atoms in total. The number of sulfonamides is 1. The summed E-state index contributed by atoms with van der Waals surface area (Å²) in [6.07, 6.45) is -1.21. The second-order valence-corrected chi connectivity index (χ2v) is 8.42. The Morgan fingerprint density at radius 3 is 1.76 bits per heavy atom. The van der Waals surface area contributed by atoms with Crippen LogP contribution in [0.2, 0.25) is 0 Å². The molecule has 0 spiro atoms. The maximum absolute atomic E-state index is 12.8. The lowest BCUT2D eigenvalue weighted by Gasteiger charge is -2.32. The molecule has 0 fully saturated rings. The summed E-state index contributed by atoms with van der Waals surface area (Å²) in [5.41, 5.74) is -1.80. The standard InChI is InChI=1S/C16H24N4O8S/c1-7-17(16(21)28-6)29(26,27)12-8-13(19(22)23)15(14(9-12)20(24)25)18(10(2)3)11(4)5/h8-11H,7H2,1-6H3. The molecule has 0 radical (unpaired) electrons. The summed E-state index contributed by atoms with van der Waals surface area (Å²) in [5, 5.41) is 23.4. The maximum Gasteiger partial charge on any atom is 0.423 e. The van der Waals surface area contributed by atoms with Crippen molar-refractivity contribution in [2.75, 3.05) is 18.6 Å². The SMILES string of the molecule is CCN(C(=O)OC)S(=O)(=O)c1cc([N+](=O)[O-])c(N(C(C)C)C(C)C)c([N+](=O)[O-])c1. The molecule has 0 unspecified atom stereocenters. The topological polar surface area (TPSA) is 153 Å². The summed E-state index contributed by atoms with van der Waals surface area (Å²) < 4.78 is 30.4. The van der Waals surface area contributed by atoms with Crippen molar-refractivity contribution in [2.24, 2.45) is 0 Å². The summed E-state index contributed by atoms with van der Waals surface area (Å²) >= 11 is 0. The average molecular weight is 432 g/mol. The summed E-state index contributed by atoms with van der Waals surface area (Å²) in [6.45, 7) is 7.83. The van der Waals surface area contributed by atoms with Gasteiger partial charge in [0.1, 0.15) is 4.90 Å². The first-order valence-corrected chi connectivity index (χ1v) is 10.1. The highest BCUT2D eigenvalue weighted by molar-refractivity contribution is 7.89. The summed E-state index contributed by atoms with van der Waals surface area (Å²) in [7, 11) is -3.66. The largest absolute Gasteiger partial charge is 0.452 e. The van der Waals surface area contributed by atoms with Crippen LogP contribution in [-0.2, 0) is 14.8 Å². The third kappa shape index (κ3) is 4.72. The van der Waals surface area contributed by atoms with Crippen molar-refractivity contribution in [1.29, 1.82) is 0 Å². The van der Waals surface area contributed by atoms with E-state index in [1.54, 1.807) is 27.7 Å². The summed E-state index contributed by atoms with van der Waals surface area (Å²) in [5.74, 6) is 0. The molecule has 0 aromatic heterocycles. The van der Waals surface area contributed by atoms with E-state index in [2.05, 4.69) is 4.74 Å². The Kier molecular flexibility index (Phi) is 7.49. The van der Waals surface area contributed by atoms with Gasteiger partial charge < -0.3 is 9.64 Å². The Bertz CT molecular complexity index is 870. The number of ether oxygens (including phenoxy) is 1. The van der Waals surface area contributed by atoms with Crippen LogP contribution >= 0.6 is 0 Å². The highest BCUT2D eigenvalue weighted by Crippen LogP contribution is 2.42. The molecule has 0 aliphatic rings. The second kappa shape index (κ2) is 9.03. The van der Waals surface area contributed by atoms with Crippen LogP contribution in [0.5, 0.6) is 0 Å². The minimum atomic E-state index is -4.63. The smallest absolute Gasteiger partial charge is 0.423 e. The van der Waals surface area contributed by atoms with E-state index >= 15 is 0 Å². The van der Waals surface area contributed by atoms with Crippen molar-refractivity contribution in [3.05, 3.63) is 32.4 Å². The fraction of sp³-hybridized carbons (Fsp3) is 0.562. The van der Waals surface area contributed by atoms with Gasteiger partial charge in [0.2, 0.25) is 0 Å². The quantitative estimate of drug-likeness (QED) is 0.445. The van der Waals surface area contributed by atoms with Crippen molar-refractivity contribution in [2.45, 2.75) is 51.6 Å². The first-order chi connectivity index (χ1) is 13.3. The second-order valence-electron chi connectivity index (χ2n) is 6.56. The molecule has 1 amide bonds. The highest BCUT2D eigenvalue weighted by atomic mass is 32.2. The predicted molar refractivity (Wildman–Crippen MR) is 104 cm³/mol. The van der Waals surface area contributed by atoms with E-state index in [1.807, 2.05) is 0 Å². The van der Waals surface area contributed by atoms with Gasteiger partial charge in [-0.25, -0.2) is 17.5 Å². The molecule has 0 saturated carbocycles. The molecular weight excluding hydrogens is 408 g/mol. The number of benzene rings is 1. The van der Waals surface area contributed by atoms with Crippen molar-refractivity contribution in [1.82, 2.24) is 4.31 Å².